The fraction of sp³-hybridized carbons (Fsp3) is 0.125. The molecule has 1 aromatic heterocycles. The molecule has 2 aromatic carbocycles. The number of rotatable bonds is 6. The first-order valence-corrected chi connectivity index (χ1v) is 8.24. The van der Waals surface area contributed by atoms with Gasteiger partial charge in [-0.2, -0.15) is 8.78 Å². The van der Waals surface area contributed by atoms with Crippen LogP contribution in [-0.2, 0) is 7.05 Å². The number of hydrogen-bond donors (Lipinski definition) is 0. The van der Waals surface area contributed by atoms with E-state index in [4.69, 9.17) is 0 Å². The number of ether oxygens (including phenoxy) is 1. The third kappa shape index (κ3) is 4.03. The third-order valence-electron chi connectivity index (χ3n) is 3.50. The van der Waals surface area contributed by atoms with Gasteiger partial charge < -0.3 is 9.30 Å². The smallest absolute Gasteiger partial charge is 0.387 e. The number of nitrogens with zero attached hydrogens (tertiary/aromatic N) is 4. The van der Waals surface area contributed by atoms with E-state index in [0.717, 1.165) is 23.9 Å². The van der Waals surface area contributed by atoms with E-state index in [-0.39, 0.29) is 11.4 Å². The van der Waals surface area contributed by atoms with Crippen LogP contribution >= 0.6 is 11.8 Å². The Kier molecular flexibility index (Phi) is 5.31. The summed E-state index contributed by atoms with van der Waals surface area (Å²) in [6, 6.07) is 9.60. The van der Waals surface area contributed by atoms with Crippen molar-refractivity contribution in [3.63, 3.8) is 0 Å². The zero-order chi connectivity index (χ0) is 19.6. The fourth-order valence-electron chi connectivity index (χ4n) is 2.29. The van der Waals surface area contributed by atoms with Gasteiger partial charge in [0.15, 0.2) is 11.0 Å². The molecule has 0 atom stereocenters. The zero-order valence-electron chi connectivity index (χ0n) is 13.7. The molecule has 3 aromatic rings. The molecule has 0 fully saturated rings. The Morgan fingerprint density at radius 3 is 2.63 bits per heavy atom. The van der Waals surface area contributed by atoms with Crippen molar-refractivity contribution in [2.24, 2.45) is 7.05 Å². The minimum Gasteiger partial charge on any atom is -0.427 e. The van der Waals surface area contributed by atoms with Gasteiger partial charge in [-0.25, -0.2) is 4.39 Å². The molecule has 3 rings (SSSR count). The zero-order valence-corrected chi connectivity index (χ0v) is 14.5. The molecule has 0 aliphatic carbocycles. The number of hydrogen-bond acceptors (Lipinski definition) is 6. The van der Waals surface area contributed by atoms with Crippen molar-refractivity contribution >= 4 is 17.4 Å². The SMILES string of the molecule is Cn1c(Sc2ccc([N+](=O)[O-])c(OC(F)F)c2)nnc1-c1ccccc1F. The lowest BCUT2D eigenvalue weighted by molar-refractivity contribution is -0.386. The molecule has 0 spiro atoms. The van der Waals surface area contributed by atoms with Crippen LogP contribution in [0.3, 0.4) is 0 Å². The lowest BCUT2D eigenvalue weighted by Gasteiger charge is -2.08. The van der Waals surface area contributed by atoms with Gasteiger partial charge in [0.05, 0.1) is 10.5 Å². The molecule has 0 amide bonds. The van der Waals surface area contributed by atoms with Gasteiger partial charge in [0, 0.05) is 24.1 Å². The molecule has 0 bridgehead atoms. The molecule has 0 aliphatic heterocycles. The van der Waals surface area contributed by atoms with E-state index in [1.807, 2.05) is 0 Å². The number of halogens is 3. The van der Waals surface area contributed by atoms with Gasteiger partial charge in [-0.3, -0.25) is 10.1 Å². The van der Waals surface area contributed by atoms with E-state index in [9.17, 15) is 23.3 Å². The average Bonchev–Trinajstić information content (AvgIpc) is 2.95. The number of alkyl halides is 2. The molecule has 1 heterocycles. The first-order valence-electron chi connectivity index (χ1n) is 7.42. The van der Waals surface area contributed by atoms with Crippen molar-refractivity contribution in [2.75, 3.05) is 0 Å². The van der Waals surface area contributed by atoms with Crippen LogP contribution in [0, 0.1) is 15.9 Å². The second kappa shape index (κ2) is 7.66. The molecule has 140 valence electrons. The van der Waals surface area contributed by atoms with Gasteiger partial charge in [-0.05, 0) is 30.0 Å². The van der Waals surface area contributed by atoms with E-state index in [1.54, 1.807) is 25.2 Å². The van der Waals surface area contributed by atoms with Crippen molar-refractivity contribution in [2.45, 2.75) is 16.7 Å². The molecule has 0 unspecified atom stereocenters. The van der Waals surface area contributed by atoms with Gasteiger partial charge in [-0.15, -0.1) is 10.2 Å². The Labute approximate surface area is 154 Å². The van der Waals surface area contributed by atoms with Gasteiger partial charge in [0.1, 0.15) is 5.82 Å². The molecule has 11 heteroatoms. The highest BCUT2D eigenvalue weighted by atomic mass is 32.2. The standard InChI is InChI=1S/C16H11F3N4O3S/c1-22-14(10-4-2-3-5-11(10)17)20-21-16(22)27-9-6-7-12(23(24)25)13(8-9)26-15(18)19/h2-8,15H,1H3. The molecular formula is C16H11F3N4O3S. The average molecular weight is 396 g/mol. The van der Waals surface area contributed by atoms with E-state index in [0.29, 0.717) is 10.1 Å². The molecule has 0 saturated carbocycles. The highest BCUT2D eigenvalue weighted by molar-refractivity contribution is 7.99. The summed E-state index contributed by atoms with van der Waals surface area (Å²) in [5.41, 5.74) is -0.325. The molecule has 27 heavy (non-hydrogen) atoms. The van der Waals surface area contributed by atoms with E-state index in [2.05, 4.69) is 14.9 Å². The van der Waals surface area contributed by atoms with Crippen molar-refractivity contribution < 1.29 is 22.8 Å². The first-order chi connectivity index (χ1) is 12.9. The molecule has 0 N–H and O–H groups in total. The maximum absolute atomic E-state index is 13.9. The van der Waals surface area contributed by atoms with Crippen LogP contribution in [0.15, 0.2) is 52.5 Å². The second-order valence-corrected chi connectivity index (χ2v) is 6.25. The number of nitro groups is 1. The largest absolute Gasteiger partial charge is 0.427 e. The summed E-state index contributed by atoms with van der Waals surface area (Å²) in [6.45, 7) is -3.20. The Morgan fingerprint density at radius 1 is 1.22 bits per heavy atom. The number of nitro benzene ring substituents is 1. The Bertz CT molecular complexity index is 997. The molecule has 0 radical (unpaired) electrons. The van der Waals surface area contributed by atoms with Crippen LogP contribution in [0.5, 0.6) is 5.75 Å². The quantitative estimate of drug-likeness (QED) is 0.457. The summed E-state index contributed by atoms with van der Waals surface area (Å²) in [7, 11) is 1.62. The highest BCUT2D eigenvalue weighted by Crippen LogP contribution is 2.36. The molecular weight excluding hydrogens is 385 g/mol. The Hall–Kier alpha value is -3.08. The van der Waals surface area contributed by atoms with Crippen LogP contribution < -0.4 is 4.74 Å². The number of aromatic nitrogens is 3. The molecule has 0 saturated heterocycles. The van der Waals surface area contributed by atoms with Gasteiger partial charge in [0.25, 0.3) is 0 Å². The lowest BCUT2D eigenvalue weighted by Crippen LogP contribution is -2.04. The summed E-state index contributed by atoms with van der Waals surface area (Å²) >= 11 is 1.02. The van der Waals surface area contributed by atoms with Crippen molar-refractivity contribution in [3.05, 3.63) is 58.4 Å². The second-order valence-electron chi connectivity index (χ2n) is 5.21. The Morgan fingerprint density at radius 2 is 1.96 bits per heavy atom. The summed E-state index contributed by atoms with van der Waals surface area (Å²) in [5.74, 6) is -0.745. The maximum Gasteiger partial charge on any atom is 0.387 e. The number of benzene rings is 2. The van der Waals surface area contributed by atoms with Crippen LogP contribution in [-0.4, -0.2) is 26.3 Å². The van der Waals surface area contributed by atoms with Crippen LogP contribution in [0.2, 0.25) is 0 Å². The van der Waals surface area contributed by atoms with Gasteiger partial charge >= 0.3 is 12.3 Å². The monoisotopic (exact) mass is 396 g/mol. The van der Waals surface area contributed by atoms with Gasteiger partial charge in [0.2, 0.25) is 5.75 Å². The summed E-state index contributed by atoms with van der Waals surface area (Å²) < 4.78 is 44.7. The first kappa shape index (κ1) is 18.7. The van der Waals surface area contributed by atoms with Gasteiger partial charge in [-0.1, -0.05) is 12.1 Å². The normalized spacial score (nSPS) is 11.0. The minimum atomic E-state index is -3.20. The van der Waals surface area contributed by atoms with E-state index < -0.39 is 28.8 Å². The lowest BCUT2D eigenvalue weighted by atomic mass is 10.2. The van der Waals surface area contributed by atoms with Crippen molar-refractivity contribution in [1.82, 2.24) is 14.8 Å². The predicted molar refractivity (Wildman–Crippen MR) is 90.2 cm³/mol. The third-order valence-corrected chi connectivity index (χ3v) is 4.53. The summed E-state index contributed by atoms with van der Waals surface area (Å²) in [6.07, 6.45) is 0. The van der Waals surface area contributed by atoms with Crippen LogP contribution in [0.25, 0.3) is 11.4 Å². The highest BCUT2D eigenvalue weighted by Gasteiger charge is 2.21. The van der Waals surface area contributed by atoms with Crippen LogP contribution in [0.1, 0.15) is 0 Å². The van der Waals surface area contributed by atoms with Crippen LogP contribution in [0.4, 0.5) is 18.9 Å². The summed E-state index contributed by atoms with van der Waals surface area (Å²) in [4.78, 5) is 10.5. The van der Waals surface area contributed by atoms with E-state index in [1.165, 1.54) is 16.7 Å². The van der Waals surface area contributed by atoms with Crippen molar-refractivity contribution in [3.8, 4) is 17.1 Å². The van der Waals surface area contributed by atoms with E-state index >= 15 is 0 Å². The maximum atomic E-state index is 13.9. The molecule has 7 nitrogen and oxygen atoms in total. The predicted octanol–water partition coefficient (Wildman–Crippen LogP) is 4.28. The topological polar surface area (TPSA) is 83.1 Å². The molecule has 0 aliphatic rings. The van der Waals surface area contributed by atoms with Crippen molar-refractivity contribution in [1.29, 1.82) is 0 Å². The Balaban J connectivity index is 1.92. The minimum absolute atomic E-state index is 0.254. The fourth-order valence-corrected chi connectivity index (χ4v) is 3.10. The summed E-state index contributed by atoms with van der Waals surface area (Å²) in [5, 5.41) is 19.2.